The van der Waals surface area contributed by atoms with Gasteiger partial charge in [-0.15, -0.1) is 13.2 Å². The van der Waals surface area contributed by atoms with Crippen molar-refractivity contribution in [3.63, 3.8) is 0 Å². The summed E-state index contributed by atoms with van der Waals surface area (Å²) in [7, 11) is 0. The SMILES string of the molecule is C=CCOC(COCC)COc1c(CC2CO2)ccc2c(OC[C@H]3CO3)c(CC(COCC)OCC=C)ccc12. The van der Waals surface area contributed by atoms with Crippen LogP contribution in [0.5, 0.6) is 11.5 Å². The van der Waals surface area contributed by atoms with Gasteiger partial charge in [0.2, 0.25) is 0 Å². The van der Waals surface area contributed by atoms with Gasteiger partial charge in [0, 0.05) is 36.8 Å². The lowest BCUT2D eigenvalue weighted by Gasteiger charge is -2.23. The van der Waals surface area contributed by atoms with E-state index in [1.807, 2.05) is 13.8 Å². The number of benzene rings is 2. The van der Waals surface area contributed by atoms with Gasteiger partial charge in [0.05, 0.1) is 51.8 Å². The summed E-state index contributed by atoms with van der Waals surface area (Å²) in [6.45, 7) is 16.9. The van der Waals surface area contributed by atoms with E-state index in [-0.39, 0.29) is 24.4 Å². The first-order valence-corrected chi connectivity index (χ1v) is 14.3. The summed E-state index contributed by atoms with van der Waals surface area (Å²) in [5, 5.41) is 1.97. The van der Waals surface area contributed by atoms with Crippen molar-refractivity contribution >= 4 is 10.8 Å². The van der Waals surface area contributed by atoms with Crippen molar-refractivity contribution < 1.29 is 37.9 Å². The highest BCUT2D eigenvalue weighted by Crippen LogP contribution is 2.40. The second-order valence-corrected chi connectivity index (χ2v) is 9.95. The molecule has 2 fully saturated rings. The van der Waals surface area contributed by atoms with E-state index in [1.54, 1.807) is 12.2 Å². The van der Waals surface area contributed by atoms with Crippen molar-refractivity contribution in [1.29, 1.82) is 0 Å². The van der Waals surface area contributed by atoms with Crippen molar-refractivity contribution in [3.05, 3.63) is 60.7 Å². The van der Waals surface area contributed by atoms with E-state index < -0.39 is 0 Å². The van der Waals surface area contributed by atoms with Gasteiger partial charge in [0.15, 0.2) is 0 Å². The topological polar surface area (TPSA) is 80.4 Å². The molecule has 0 saturated carbocycles. The van der Waals surface area contributed by atoms with Crippen LogP contribution in [0.1, 0.15) is 25.0 Å². The summed E-state index contributed by atoms with van der Waals surface area (Å²) < 4.78 is 47.2. The van der Waals surface area contributed by atoms with Crippen LogP contribution in [0, 0.1) is 0 Å². The Morgan fingerprint density at radius 2 is 1.35 bits per heavy atom. The van der Waals surface area contributed by atoms with Gasteiger partial charge in [-0.25, -0.2) is 0 Å². The first-order chi connectivity index (χ1) is 19.7. The van der Waals surface area contributed by atoms with Gasteiger partial charge in [-0.1, -0.05) is 36.4 Å². The molecular formula is C32H44O8. The van der Waals surface area contributed by atoms with Crippen molar-refractivity contribution in [1.82, 2.24) is 0 Å². The Kier molecular flexibility index (Phi) is 12.3. The maximum atomic E-state index is 6.52. The Hall–Kier alpha value is -2.46. The third kappa shape index (κ3) is 9.29. The monoisotopic (exact) mass is 556 g/mol. The summed E-state index contributed by atoms with van der Waals surface area (Å²) in [5.74, 6) is 1.65. The summed E-state index contributed by atoms with van der Waals surface area (Å²) in [6, 6.07) is 8.47. The number of hydrogen-bond acceptors (Lipinski definition) is 8. The molecule has 8 nitrogen and oxygen atoms in total. The maximum Gasteiger partial charge on any atom is 0.130 e. The molecule has 0 amide bonds. The fraction of sp³-hybridized carbons (Fsp3) is 0.562. The molecule has 4 rings (SSSR count). The standard InChI is InChI=1S/C32H44O8/c1-5-13-35-25(17-33-7-3)15-23-9-11-30-29(31(23)40-22-28-20-38-28)12-10-24(16-26-19-37-26)32(30)39-21-27(18-34-8-4)36-14-6-2/h5-6,9-12,25-28H,1-2,7-8,13-22H2,3-4H3/t25?,26?,27?,28-/m1/s1. The lowest BCUT2D eigenvalue weighted by atomic mass is 9.97. The first-order valence-electron chi connectivity index (χ1n) is 14.3. The lowest BCUT2D eigenvalue weighted by Crippen LogP contribution is -2.27. The van der Waals surface area contributed by atoms with E-state index in [2.05, 4.69) is 37.4 Å². The van der Waals surface area contributed by atoms with Crippen LogP contribution in [0.3, 0.4) is 0 Å². The first kappa shape index (κ1) is 30.5. The molecule has 220 valence electrons. The minimum Gasteiger partial charge on any atom is -0.490 e. The van der Waals surface area contributed by atoms with E-state index in [0.29, 0.717) is 59.3 Å². The molecule has 2 saturated heterocycles. The van der Waals surface area contributed by atoms with Crippen LogP contribution in [0.25, 0.3) is 10.8 Å². The molecule has 0 aliphatic carbocycles. The van der Waals surface area contributed by atoms with Crippen LogP contribution in [-0.2, 0) is 41.3 Å². The summed E-state index contributed by atoms with van der Waals surface area (Å²) in [4.78, 5) is 0. The molecule has 0 spiro atoms. The Balaban J connectivity index is 1.66. The fourth-order valence-electron chi connectivity index (χ4n) is 4.51. The predicted molar refractivity (Wildman–Crippen MR) is 155 cm³/mol. The van der Waals surface area contributed by atoms with Crippen molar-refractivity contribution in [2.24, 2.45) is 0 Å². The minimum absolute atomic E-state index is 0.127. The average molecular weight is 557 g/mol. The molecule has 40 heavy (non-hydrogen) atoms. The van der Waals surface area contributed by atoms with E-state index in [1.165, 1.54) is 0 Å². The minimum atomic E-state index is -0.221. The summed E-state index contributed by atoms with van der Waals surface area (Å²) in [5.41, 5.74) is 2.15. The Morgan fingerprint density at radius 1 is 0.775 bits per heavy atom. The summed E-state index contributed by atoms with van der Waals surface area (Å²) in [6.07, 6.45) is 4.92. The van der Waals surface area contributed by atoms with Crippen molar-refractivity contribution in [2.45, 2.75) is 51.1 Å². The Morgan fingerprint density at radius 3 is 1.95 bits per heavy atom. The molecule has 8 heteroatoms. The number of hydrogen-bond donors (Lipinski definition) is 0. The van der Waals surface area contributed by atoms with Gasteiger partial charge < -0.3 is 37.9 Å². The molecular weight excluding hydrogens is 512 g/mol. The molecule has 0 bridgehead atoms. The van der Waals surface area contributed by atoms with Crippen LogP contribution in [-0.4, -0.2) is 90.5 Å². The number of ether oxygens (including phenoxy) is 8. The molecule has 3 unspecified atom stereocenters. The highest BCUT2D eigenvalue weighted by molar-refractivity contribution is 5.95. The van der Waals surface area contributed by atoms with Crippen LogP contribution in [0.15, 0.2) is 49.6 Å². The fourth-order valence-corrected chi connectivity index (χ4v) is 4.51. The predicted octanol–water partition coefficient (Wildman–Crippen LogP) is 4.70. The average Bonchev–Trinajstić information content (AvgIpc) is 3.90. The lowest BCUT2D eigenvalue weighted by molar-refractivity contribution is -0.0245. The van der Waals surface area contributed by atoms with E-state index in [9.17, 15) is 0 Å². The highest BCUT2D eigenvalue weighted by Gasteiger charge is 2.28. The molecule has 2 aliphatic rings. The smallest absolute Gasteiger partial charge is 0.130 e. The molecule has 2 aromatic rings. The molecule has 2 aliphatic heterocycles. The van der Waals surface area contributed by atoms with Crippen LogP contribution < -0.4 is 9.47 Å². The Labute approximate surface area is 238 Å². The zero-order valence-corrected chi connectivity index (χ0v) is 23.9. The zero-order valence-electron chi connectivity index (χ0n) is 23.9. The molecule has 2 heterocycles. The number of fused-ring (bicyclic) bond motifs is 1. The van der Waals surface area contributed by atoms with Crippen molar-refractivity contribution in [3.8, 4) is 11.5 Å². The maximum absolute atomic E-state index is 6.52. The van der Waals surface area contributed by atoms with Gasteiger partial charge in [-0.2, -0.15) is 0 Å². The normalized spacial score (nSPS) is 19.2. The number of rotatable bonds is 22. The molecule has 0 aromatic heterocycles. The quantitative estimate of drug-likeness (QED) is 0.153. The van der Waals surface area contributed by atoms with Gasteiger partial charge in [-0.3, -0.25) is 0 Å². The molecule has 2 aromatic carbocycles. The van der Waals surface area contributed by atoms with Gasteiger partial charge in [0.25, 0.3) is 0 Å². The van der Waals surface area contributed by atoms with E-state index >= 15 is 0 Å². The zero-order chi connectivity index (χ0) is 28.2. The third-order valence-electron chi connectivity index (χ3n) is 6.71. The highest BCUT2D eigenvalue weighted by atomic mass is 16.6. The molecule has 4 atom stereocenters. The largest absolute Gasteiger partial charge is 0.490 e. The third-order valence-corrected chi connectivity index (χ3v) is 6.71. The van der Waals surface area contributed by atoms with Gasteiger partial charge in [-0.05, 0) is 25.0 Å². The van der Waals surface area contributed by atoms with E-state index in [4.69, 9.17) is 37.9 Å². The molecule has 0 N–H and O–H groups in total. The van der Waals surface area contributed by atoms with Gasteiger partial charge >= 0.3 is 0 Å². The molecule has 0 radical (unpaired) electrons. The van der Waals surface area contributed by atoms with E-state index in [0.717, 1.165) is 53.0 Å². The van der Waals surface area contributed by atoms with Crippen LogP contribution in [0.2, 0.25) is 0 Å². The van der Waals surface area contributed by atoms with Crippen LogP contribution in [0.4, 0.5) is 0 Å². The second-order valence-electron chi connectivity index (χ2n) is 9.95. The second kappa shape index (κ2) is 16.1. The van der Waals surface area contributed by atoms with Crippen LogP contribution >= 0.6 is 0 Å². The summed E-state index contributed by atoms with van der Waals surface area (Å²) >= 11 is 0. The van der Waals surface area contributed by atoms with Crippen molar-refractivity contribution in [2.75, 3.05) is 66.1 Å². The van der Waals surface area contributed by atoms with Gasteiger partial charge in [0.1, 0.15) is 36.9 Å². The number of epoxide rings is 2. The Bertz CT molecular complexity index is 1080.